The first kappa shape index (κ1) is 28.6. The topological polar surface area (TPSA) is 127 Å². The molecule has 2 aromatic carbocycles. The molecule has 1 atom stereocenters. The number of hydrogen-bond acceptors (Lipinski definition) is 8. The van der Waals surface area contributed by atoms with Crippen LogP contribution < -0.4 is 14.8 Å². The first-order valence-corrected chi connectivity index (χ1v) is 11.2. The van der Waals surface area contributed by atoms with Crippen molar-refractivity contribution in [2.24, 2.45) is 0 Å². The van der Waals surface area contributed by atoms with Crippen molar-refractivity contribution in [2.45, 2.75) is 19.4 Å². The second kappa shape index (κ2) is 14.7. The van der Waals surface area contributed by atoms with Gasteiger partial charge in [-0.25, -0.2) is 9.37 Å². The Morgan fingerprint density at radius 3 is 2.49 bits per heavy atom. The van der Waals surface area contributed by atoms with Crippen LogP contribution >= 0.6 is 0 Å². The van der Waals surface area contributed by atoms with E-state index in [-0.39, 0.29) is 24.5 Å². The maximum Gasteiger partial charge on any atom is 0.325 e. The fourth-order valence-corrected chi connectivity index (χ4v) is 3.03. The summed E-state index contributed by atoms with van der Waals surface area (Å²) in [6.07, 6.45) is 2.55. The Morgan fingerprint density at radius 1 is 1.14 bits per heavy atom. The molecule has 0 radical (unpaired) electrons. The standard InChI is InChI=1S/C21H23FN2O6.C6H6O/c1-4-9-29-17-11-15(22)6-5-14(17)10-13(2)30-18(25)12-24-21(27)19-20(26)16(28-3)7-8-23-19;7-6-4-2-1-3-5-6/h4-8,11,13,26H,1,9-10,12H2,2-3H3,(H,24,27);1-5,7H. The summed E-state index contributed by atoms with van der Waals surface area (Å²) in [4.78, 5) is 28.0. The minimum Gasteiger partial charge on any atom is -0.508 e. The normalized spacial score (nSPS) is 10.8. The second-order valence-corrected chi connectivity index (χ2v) is 7.58. The molecule has 1 aromatic heterocycles. The van der Waals surface area contributed by atoms with Gasteiger partial charge in [0.1, 0.15) is 36.6 Å². The van der Waals surface area contributed by atoms with Gasteiger partial charge in [0, 0.05) is 24.8 Å². The van der Waals surface area contributed by atoms with Gasteiger partial charge in [0.25, 0.3) is 5.91 Å². The minimum atomic E-state index is -0.755. The summed E-state index contributed by atoms with van der Waals surface area (Å²) in [6, 6.07) is 14.2. The Morgan fingerprint density at radius 2 is 1.86 bits per heavy atom. The summed E-state index contributed by atoms with van der Waals surface area (Å²) >= 11 is 0. The van der Waals surface area contributed by atoms with E-state index in [9.17, 15) is 19.1 Å². The van der Waals surface area contributed by atoms with Crippen molar-refractivity contribution < 1.29 is 38.4 Å². The van der Waals surface area contributed by atoms with E-state index in [2.05, 4.69) is 16.9 Å². The van der Waals surface area contributed by atoms with Crippen LogP contribution in [0.4, 0.5) is 4.39 Å². The van der Waals surface area contributed by atoms with Gasteiger partial charge in [-0.3, -0.25) is 9.59 Å². The largest absolute Gasteiger partial charge is 0.508 e. The van der Waals surface area contributed by atoms with Gasteiger partial charge in [-0.05, 0) is 30.7 Å². The smallest absolute Gasteiger partial charge is 0.325 e. The van der Waals surface area contributed by atoms with Crippen molar-refractivity contribution in [3.63, 3.8) is 0 Å². The molecule has 0 spiro atoms. The summed E-state index contributed by atoms with van der Waals surface area (Å²) in [5.41, 5.74) is 0.388. The Bertz CT molecular complexity index is 1190. The highest BCUT2D eigenvalue weighted by Gasteiger charge is 2.19. The lowest BCUT2D eigenvalue weighted by molar-refractivity contribution is -0.146. The van der Waals surface area contributed by atoms with Gasteiger partial charge in [0.05, 0.1) is 7.11 Å². The monoisotopic (exact) mass is 512 g/mol. The fourth-order valence-electron chi connectivity index (χ4n) is 3.03. The first-order chi connectivity index (χ1) is 17.7. The van der Waals surface area contributed by atoms with Crippen LogP contribution in [-0.4, -0.2) is 53.4 Å². The summed E-state index contributed by atoms with van der Waals surface area (Å²) in [6.45, 7) is 5.00. The van der Waals surface area contributed by atoms with Crippen molar-refractivity contribution in [1.82, 2.24) is 10.3 Å². The number of pyridine rings is 1. The zero-order valence-corrected chi connectivity index (χ0v) is 20.5. The van der Waals surface area contributed by atoms with Crippen LogP contribution in [0, 0.1) is 5.82 Å². The molecular formula is C27H29FN2O7. The molecule has 37 heavy (non-hydrogen) atoms. The predicted octanol–water partition coefficient (Wildman–Crippen LogP) is 3.80. The SMILES string of the molecule is C=CCOc1cc(F)ccc1CC(C)OC(=O)CNC(=O)c1nccc(OC)c1O.Oc1ccccc1. The number of nitrogens with zero attached hydrogens (tertiary/aromatic N) is 1. The number of esters is 1. The number of halogens is 1. The molecule has 0 bridgehead atoms. The Labute approximate surface area is 214 Å². The lowest BCUT2D eigenvalue weighted by Crippen LogP contribution is -2.33. The number of phenolic OH excluding ortho intramolecular Hbond substituents is 1. The van der Waals surface area contributed by atoms with E-state index in [0.29, 0.717) is 17.1 Å². The van der Waals surface area contributed by atoms with Gasteiger partial charge < -0.3 is 29.7 Å². The van der Waals surface area contributed by atoms with Crippen LogP contribution in [0.15, 0.2) is 73.4 Å². The van der Waals surface area contributed by atoms with E-state index >= 15 is 0 Å². The predicted molar refractivity (Wildman–Crippen MR) is 134 cm³/mol. The maximum absolute atomic E-state index is 13.5. The van der Waals surface area contributed by atoms with Gasteiger partial charge in [-0.15, -0.1) is 0 Å². The number of carbonyl (C=O) groups excluding carboxylic acids is 2. The average Bonchev–Trinajstić information content (AvgIpc) is 2.88. The van der Waals surface area contributed by atoms with Gasteiger partial charge >= 0.3 is 5.97 Å². The fraction of sp³-hybridized carbons (Fsp3) is 0.222. The van der Waals surface area contributed by atoms with Crippen molar-refractivity contribution in [3.8, 4) is 23.0 Å². The molecule has 1 unspecified atom stereocenters. The number of nitrogens with one attached hydrogen (secondary N) is 1. The van der Waals surface area contributed by atoms with E-state index in [1.165, 1.54) is 37.6 Å². The number of aromatic nitrogens is 1. The molecule has 3 aromatic rings. The van der Waals surface area contributed by atoms with Gasteiger partial charge in [0.2, 0.25) is 0 Å². The summed E-state index contributed by atoms with van der Waals surface area (Å²) in [5, 5.41) is 20.9. The number of phenols is 1. The Balaban J connectivity index is 0.000000591. The first-order valence-electron chi connectivity index (χ1n) is 11.2. The number of amides is 1. The highest BCUT2D eigenvalue weighted by atomic mass is 19.1. The second-order valence-electron chi connectivity index (χ2n) is 7.58. The van der Waals surface area contributed by atoms with E-state index in [0.717, 1.165) is 0 Å². The highest BCUT2D eigenvalue weighted by molar-refractivity contribution is 5.97. The number of carbonyl (C=O) groups is 2. The van der Waals surface area contributed by atoms with Gasteiger partial charge in [-0.2, -0.15) is 0 Å². The number of methoxy groups -OCH3 is 1. The van der Waals surface area contributed by atoms with Gasteiger partial charge in [-0.1, -0.05) is 36.9 Å². The van der Waals surface area contributed by atoms with E-state index in [1.54, 1.807) is 37.3 Å². The third-order valence-electron chi connectivity index (χ3n) is 4.70. The number of para-hydroxylation sites is 1. The molecule has 1 heterocycles. The van der Waals surface area contributed by atoms with Crippen LogP contribution in [0.1, 0.15) is 23.0 Å². The zero-order valence-electron chi connectivity index (χ0n) is 20.5. The summed E-state index contributed by atoms with van der Waals surface area (Å²) in [5.74, 6) is -1.57. The number of ether oxygens (including phenoxy) is 3. The van der Waals surface area contributed by atoms with Crippen molar-refractivity contribution in [1.29, 1.82) is 0 Å². The molecular weight excluding hydrogens is 483 g/mol. The molecule has 0 fully saturated rings. The number of aromatic hydroxyl groups is 2. The molecule has 0 aliphatic rings. The lowest BCUT2D eigenvalue weighted by atomic mass is 10.1. The van der Waals surface area contributed by atoms with E-state index in [4.69, 9.17) is 19.3 Å². The molecule has 3 N–H and O–H groups in total. The van der Waals surface area contributed by atoms with E-state index < -0.39 is 36.1 Å². The molecule has 196 valence electrons. The third-order valence-corrected chi connectivity index (χ3v) is 4.70. The van der Waals surface area contributed by atoms with Crippen LogP contribution in [0.25, 0.3) is 0 Å². The average molecular weight is 513 g/mol. The number of hydrogen-bond donors (Lipinski definition) is 3. The molecule has 9 nitrogen and oxygen atoms in total. The molecule has 0 aliphatic carbocycles. The molecule has 0 saturated heterocycles. The van der Waals surface area contributed by atoms with E-state index in [1.807, 2.05) is 6.07 Å². The molecule has 0 saturated carbocycles. The quantitative estimate of drug-likeness (QED) is 0.277. The van der Waals surface area contributed by atoms with Crippen LogP contribution in [-0.2, 0) is 16.0 Å². The summed E-state index contributed by atoms with van der Waals surface area (Å²) in [7, 11) is 1.34. The van der Waals surface area contributed by atoms with Crippen molar-refractivity contribution >= 4 is 11.9 Å². The van der Waals surface area contributed by atoms with Gasteiger partial charge in [0.15, 0.2) is 17.2 Å². The Kier molecular flexibility index (Phi) is 11.4. The summed E-state index contributed by atoms with van der Waals surface area (Å²) < 4.78 is 29.1. The highest BCUT2D eigenvalue weighted by Crippen LogP contribution is 2.27. The maximum atomic E-state index is 13.5. The molecule has 1 amide bonds. The third kappa shape index (κ3) is 9.52. The lowest BCUT2D eigenvalue weighted by Gasteiger charge is -2.16. The molecule has 10 heteroatoms. The van der Waals surface area contributed by atoms with Crippen LogP contribution in [0.3, 0.4) is 0 Å². The van der Waals surface area contributed by atoms with Crippen molar-refractivity contribution in [2.75, 3.05) is 20.3 Å². The number of rotatable bonds is 10. The van der Waals surface area contributed by atoms with Crippen LogP contribution in [0.2, 0.25) is 0 Å². The zero-order chi connectivity index (χ0) is 27.2. The minimum absolute atomic E-state index is 0.0834. The van der Waals surface area contributed by atoms with Crippen molar-refractivity contribution in [3.05, 3.63) is 90.5 Å². The number of benzene rings is 2. The molecule has 3 rings (SSSR count). The molecule has 0 aliphatic heterocycles. The van der Waals surface area contributed by atoms with Crippen LogP contribution in [0.5, 0.6) is 23.0 Å². The Hall–Kier alpha value is -4.60.